The number of aromatic hydroxyl groups is 1. The molecule has 144 valence electrons. The zero-order valence-electron chi connectivity index (χ0n) is 15.6. The van der Waals surface area contributed by atoms with Crippen molar-refractivity contribution in [2.24, 2.45) is 19.1 Å². The lowest BCUT2D eigenvalue weighted by Gasteiger charge is -2.12. The van der Waals surface area contributed by atoms with Crippen molar-refractivity contribution in [3.8, 4) is 5.88 Å². The molecule has 1 aromatic heterocycles. The average molecular weight is 391 g/mol. The summed E-state index contributed by atoms with van der Waals surface area (Å²) in [6, 6.07) is 7.24. The van der Waals surface area contributed by atoms with Crippen LogP contribution in [0.15, 0.2) is 38.8 Å². The minimum absolute atomic E-state index is 0.0933. The molecule has 0 amide bonds. The molecule has 8 nitrogen and oxygen atoms in total. The third-order valence-electron chi connectivity index (χ3n) is 3.71. The second-order valence-electron chi connectivity index (χ2n) is 5.75. The fourth-order valence-electron chi connectivity index (χ4n) is 2.33. The maximum atomic E-state index is 12.6. The van der Waals surface area contributed by atoms with E-state index in [0.29, 0.717) is 5.69 Å². The molecule has 27 heavy (non-hydrogen) atoms. The summed E-state index contributed by atoms with van der Waals surface area (Å²) in [7, 11) is 2.66. The molecule has 0 fully saturated rings. The van der Waals surface area contributed by atoms with Crippen molar-refractivity contribution >= 4 is 28.5 Å². The van der Waals surface area contributed by atoms with Gasteiger partial charge in [0.05, 0.1) is 18.0 Å². The average Bonchev–Trinajstić information content (AvgIpc) is 2.63. The molecule has 0 atom stereocenters. The molecule has 0 spiro atoms. The Labute approximate surface area is 160 Å². The number of aliphatic imine (C=N–C) groups is 1. The molecule has 0 saturated heterocycles. The van der Waals surface area contributed by atoms with Gasteiger partial charge >= 0.3 is 11.7 Å². The largest absolute Gasteiger partial charge is 0.494 e. The highest BCUT2D eigenvalue weighted by Gasteiger charge is 2.22. The van der Waals surface area contributed by atoms with Crippen LogP contribution < -0.4 is 11.2 Å². The lowest BCUT2D eigenvalue weighted by Crippen LogP contribution is -2.39. The summed E-state index contributed by atoms with van der Waals surface area (Å²) in [6.45, 7) is 3.82. The quantitative estimate of drug-likeness (QED) is 0.470. The van der Waals surface area contributed by atoms with E-state index in [4.69, 9.17) is 4.74 Å². The van der Waals surface area contributed by atoms with E-state index in [-0.39, 0.29) is 23.0 Å². The van der Waals surface area contributed by atoms with Crippen molar-refractivity contribution < 1.29 is 14.6 Å². The van der Waals surface area contributed by atoms with E-state index in [2.05, 4.69) is 4.99 Å². The van der Waals surface area contributed by atoms with Gasteiger partial charge < -0.3 is 9.84 Å². The third kappa shape index (κ3) is 4.68. The van der Waals surface area contributed by atoms with Crippen molar-refractivity contribution in [3.05, 3.63) is 56.2 Å². The topological polar surface area (TPSA) is 103 Å². The zero-order valence-corrected chi connectivity index (χ0v) is 16.4. The van der Waals surface area contributed by atoms with Gasteiger partial charge in [0.1, 0.15) is 10.6 Å². The Hall–Kier alpha value is -2.81. The Morgan fingerprint density at radius 1 is 1.26 bits per heavy atom. The number of ether oxygens (including phenoxy) is 1. The lowest BCUT2D eigenvalue weighted by molar-refractivity contribution is -0.139. The van der Waals surface area contributed by atoms with Crippen LogP contribution in [-0.4, -0.2) is 37.6 Å². The summed E-state index contributed by atoms with van der Waals surface area (Å²) in [5.74, 6) is -1.07. The van der Waals surface area contributed by atoms with Crippen molar-refractivity contribution in [2.45, 2.75) is 13.8 Å². The summed E-state index contributed by atoms with van der Waals surface area (Å²) in [5, 5.41) is 10.5. The monoisotopic (exact) mass is 391 g/mol. The van der Waals surface area contributed by atoms with Crippen LogP contribution in [0.5, 0.6) is 5.88 Å². The summed E-state index contributed by atoms with van der Waals surface area (Å²) in [4.78, 5) is 40.8. The van der Waals surface area contributed by atoms with Gasteiger partial charge in [-0.25, -0.2) is 9.79 Å². The first-order valence-corrected chi connectivity index (χ1v) is 9.18. The predicted octanol–water partition coefficient (Wildman–Crippen LogP) is 1.47. The molecule has 1 heterocycles. The van der Waals surface area contributed by atoms with Gasteiger partial charge in [0, 0.05) is 14.1 Å². The van der Waals surface area contributed by atoms with E-state index in [9.17, 15) is 19.5 Å². The SMILES string of the molecule is CCOC(=O)CSC(=Nc1cccc(C)c1)c1c(O)n(C)c(=O)n(C)c1=O. The molecule has 1 N–H and O–H groups in total. The number of esters is 1. The highest BCUT2D eigenvalue weighted by Crippen LogP contribution is 2.23. The van der Waals surface area contributed by atoms with Crippen molar-refractivity contribution in [1.82, 2.24) is 9.13 Å². The summed E-state index contributed by atoms with van der Waals surface area (Å²) in [6.07, 6.45) is 0. The number of hydrogen-bond donors (Lipinski definition) is 1. The molecule has 0 saturated carbocycles. The van der Waals surface area contributed by atoms with Crippen LogP contribution in [0.2, 0.25) is 0 Å². The van der Waals surface area contributed by atoms with Gasteiger partial charge in [0.15, 0.2) is 0 Å². The minimum atomic E-state index is -0.696. The normalized spacial score (nSPS) is 11.5. The number of nitrogens with zero attached hydrogens (tertiary/aromatic N) is 3. The first-order valence-electron chi connectivity index (χ1n) is 8.19. The zero-order chi connectivity index (χ0) is 20.1. The Bertz CT molecular complexity index is 1010. The fourth-order valence-corrected chi connectivity index (χ4v) is 3.16. The molecule has 0 aliphatic heterocycles. The Morgan fingerprint density at radius 3 is 2.59 bits per heavy atom. The van der Waals surface area contributed by atoms with Gasteiger partial charge in [0.25, 0.3) is 5.56 Å². The van der Waals surface area contributed by atoms with E-state index in [1.807, 2.05) is 13.0 Å². The van der Waals surface area contributed by atoms with Gasteiger partial charge in [-0.05, 0) is 31.5 Å². The van der Waals surface area contributed by atoms with Crippen LogP contribution in [0.25, 0.3) is 0 Å². The van der Waals surface area contributed by atoms with Crippen molar-refractivity contribution in [2.75, 3.05) is 12.4 Å². The lowest BCUT2D eigenvalue weighted by atomic mass is 10.2. The van der Waals surface area contributed by atoms with Crippen LogP contribution in [0, 0.1) is 6.92 Å². The predicted molar refractivity (Wildman–Crippen MR) is 105 cm³/mol. The summed E-state index contributed by atoms with van der Waals surface area (Å²) >= 11 is 0.962. The van der Waals surface area contributed by atoms with E-state index in [1.54, 1.807) is 25.1 Å². The number of aromatic nitrogens is 2. The van der Waals surface area contributed by atoms with Gasteiger partial charge in [0.2, 0.25) is 5.88 Å². The van der Waals surface area contributed by atoms with Crippen LogP contribution in [0.4, 0.5) is 5.69 Å². The van der Waals surface area contributed by atoms with E-state index >= 15 is 0 Å². The smallest absolute Gasteiger partial charge is 0.333 e. The van der Waals surface area contributed by atoms with Crippen LogP contribution >= 0.6 is 11.8 Å². The van der Waals surface area contributed by atoms with Crippen LogP contribution in [0.3, 0.4) is 0 Å². The number of rotatable bonds is 5. The third-order valence-corrected chi connectivity index (χ3v) is 4.66. The fraction of sp³-hybridized carbons (Fsp3) is 0.333. The van der Waals surface area contributed by atoms with Crippen LogP contribution in [-0.2, 0) is 23.6 Å². The van der Waals surface area contributed by atoms with Gasteiger partial charge in [-0.3, -0.25) is 18.7 Å². The maximum absolute atomic E-state index is 12.6. The van der Waals surface area contributed by atoms with Gasteiger partial charge in [-0.15, -0.1) is 0 Å². The van der Waals surface area contributed by atoms with Crippen molar-refractivity contribution in [1.29, 1.82) is 0 Å². The second-order valence-corrected chi connectivity index (χ2v) is 6.72. The molecule has 0 aliphatic rings. The van der Waals surface area contributed by atoms with E-state index in [1.165, 1.54) is 14.1 Å². The summed E-state index contributed by atoms with van der Waals surface area (Å²) in [5.41, 5.74) is 0.0144. The minimum Gasteiger partial charge on any atom is -0.494 e. The Balaban J connectivity index is 2.62. The molecule has 0 radical (unpaired) electrons. The molecule has 9 heteroatoms. The number of aryl methyl sites for hydroxylation is 1. The molecule has 0 unspecified atom stereocenters. The molecule has 2 aromatic rings. The second kappa shape index (κ2) is 8.72. The first kappa shape index (κ1) is 20.5. The Morgan fingerprint density at radius 2 is 1.96 bits per heavy atom. The highest BCUT2D eigenvalue weighted by atomic mass is 32.2. The standard InChI is InChI=1S/C18H21N3O5S/c1-5-26-13(22)10-27-15(19-12-8-6-7-11(2)9-12)14-16(23)20(3)18(25)21(4)17(14)24/h6-9,23H,5,10H2,1-4H3. The number of carbonyl (C=O) groups excluding carboxylic acids is 1. The molecule has 0 bridgehead atoms. The molecular weight excluding hydrogens is 370 g/mol. The molecule has 1 aromatic carbocycles. The molecular formula is C18H21N3O5S. The highest BCUT2D eigenvalue weighted by molar-refractivity contribution is 8.15. The molecule has 0 aliphatic carbocycles. The number of hydrogen-bond acceptors (Lipinski definition) is 7. The van der Waals surface area contributed by atoms with Crippen molar-refractivity contribution in [3.63, 3.8) is 0 Å². The molecule has 2 rings (SSSR count). The van der Waals surface area contributed by atoms with Crippen LogP contribution in [0.1, 0.15) is 18.1 Å². The maximum Gasteiger partial charge on any atom is 0.333 e. The number of thioether (sulfide) groups is 1. The summed E-state index contributed by atoms with van der Waals surface area (Å²) < 4.78 is 6.74. The van der Waals surface area contributed by atoms with E-state index in [0.717, 1.165) is 26.5 Å². The number of benzene rings is 1. The van der Waals surface area contributed by atoms with Gasteiger partial charge in [-0.2, -0.15) is 0 Å². The van der Waals surface area contributed by atoms with E-state index < -0.39 is 23.1 Å². The number of carbonyl (C=O) groups is 1. The van der Waals surface area contributed by atoms with Gasteiger partial charge in [-0.1, -0.05) is 23.9 Å². The Kier molecular flexibility index (Phi) is 6.62. The first-order chi connectivity index (χ1) is 12.8.